The van der Waals surface area contributed by atoms with E-state index in [0.29, 0.717) is 22.7 Å². The molecule has 0 spiro atoms. The van der Waals surface area contributed by atoms with Gasteiger partial charge in [0.2, 0.25) is 5.91 Å². The lowest BCUT2D eigenvalue weighted by Gasteiger charge is -2.52. The van der Waals surface area contributed by atoms with E-state index in [2.05, 4.69) is 18.7 Å². The molecule has 3 fully saturated rings. The highest BCUT2D eigenvalue weighted by atomic mass is 35.5. The summed E-state index contributed by atoms with van der Waals surface area (Å²) in [4.78, 5) is 70.3. The molecule has 4 N–H and O–H groups in total. The molecule has 0 aromatic heterocycles. The number of rotatable bonds is 8. The lowest BCUT2D eigenvalue weighted by atomic mass is 9.52. The molecule has 42 heavy (non-hydrogen) atoms. The van der Waals surface area contributed by atoms with Gasteiger partial charge in [-0.25, -0.2) is 0 Å². The van der Waals surface area contributed by atoms with Crippen molar-refractivity contribution >= 4 is 40.6 Å². The molecule has 1 amide bonds. The van der Waals surface area contributed by atoms with Crippen LogP contribution in [-0.2, 0) is 32.1 Å². The Morgan fingerprint density at radius 2 is 1.81 bits per heavy atom. The van der Waals surface area contributed by atoms with E-state index in [-0.39, 0.29) is 29.6 Å². The molecule has 11 heteroatoms. The summed E-state index contributed by atoms with van der Waals surface area (Å²) in [6, 6.07) is 0.333. The molecule has 228 valence electrons. The van der Waals surface area contributed by atoms with Crippen molar-refractivity contribution in [3.63, 3.8) is 0 Å². The summed E-state index contributed by atoms with van der Waals surface area (Å²) in [7, 11) is 3.11. The third kappa shape index (κ3) is 4.44. The average molecular weight is 602 g/mol. The number of Topliss-reactive ketones (excluding diaryl/α,β-unsaturated/α-hetero) is 4. The van der Waals surface area contributed by atoms with Gasteiger partial charge < -0.3 is 15.9 Å². The third-order valence-electron chi connectivity index (χ3n) is 10.6. The molecule has 4 aliphatic carbocycles. The van der Waals surface area contributed by atoms with Gasteiger partial charge >= 0.3 is 0 Å². The first-order valence-corrected chi connectivity index (χ1v) is 15.2. The van der Waals surface area contributed by atoms with Gasteiger partial charge in [-0.15, -0.1) is 0 Å². The number of nitrogens with zero attached hydrogens (tertiary/aromatic N) is 2. The molecule has 0 heterocycles. The second kappa shape index (κ2) is 10.8. The lowest BCUT2D eigenvalue weighted by Crippen LogP contribution is -2.74. The molecule has 3 saturated carbocycles. The van der Waals surface area contributed by atoms with Crippen LogP contribution in [0.3, 0.4) is 0 Å². The number of hydrogen-bond donors (Lipinski definition) is 3. The van der Waals surface area contributed by atoms with Crippen molar-refractivity contribution in [3.8, 4) is 5.75 Å². The SMILES string of the molecule is CCN(Cc1cc(O)c2c(c1Cl)C[C@H]1C[C@H]3[C@H](N(C)C)C(=O)C(C(N)=O)C(=O)[C@@]3(O)C(=O)C1C2=O)CC1(CC)CCC1. The van der Waals surface area contributed by atoms with Crippen LogP contribution in [0, 0.1) is 29.1 Å². The highest BCUT2D eigenvalue weighted by Gasteiger charge is 2.69. The maximum Gasteiger partial charge on any atom is 0.235 e. The number of hydrogen-bond acceptors (Lipinski definition) is 9. The summed E-state index contributed by atoms with van der Waals surface area (Å²) in [6.45, 7) is 6.47. The minimum Gasteiger partial charge on any atom is -0.507 e. The summed E-state index contributed by atoms with van der Waals surface area (Å²) < 4.78 is 0. The van der Waals surface area contributed by atoms with Gasteiger partial charge in [0.25, 0.3) is 0 Å². The first-order valence-electron chi connectivity index (χ1n) is 14.8. The van der Waals surface area contributed by atoms with E-state index in [0.717, 1.165) is 19.5 Å². The number of likely N-dealkylation sites (N-methyl/N-ethyl adjacent to an activating group) is 1. The van der Waals surface area contributed by atoms with E-state index < -0.39 is 64.4 Å². The molecule has 1 aromatic rings. The Labute approximate surface area is 250 Å². The van der Waals surface area contributed by atoms with Crippen molar-refractivity contribution in [1.82, 2.24) is 9.80 Å². The number of aliphatic hydroxyl groups is 1. The van der Waals surface area contributed by atoms with Gasteiger partial charge in [0, 0.05) is 24.0 Å². The van der Waals surface area contributed by atoms with E-state index in [9.17, 15) is 34.2 Å². The highest BCUT2D eigenvalue weighted by molar-refractivity contribution is 6.34. The Morgan fingerprint density at radius 1 is 1.14 bits per heavy atom. The zero-order valence-electron chi connectivity index (χ0n) is 24.6. The molecule has 4 aliphatic rings. The topological polar surface area (TPSA) is 158 Å². The number of nitrogens with two attached hydrogens (primary N) is 1. The predicted molar refractivity (Wildman–Crippen MR) is 154 cm³/mol. The number of primary amides is 1. The van der Waals surface area contributed by atoms with Gasteiger partial charge in [-0.2, -0.15) is 0 Å². The van der Waals surface area contributed by atoms with Gasteiger partial charge in [0.1, 0.15) is 5.75 Å². The van der Waals surface area contributed by atoms with Gasteiger partial charge in [-0.3, -0.25) is 33.8 Å². The number of phenolic OH excluding ortho intramolecular Hbond substituents is 1. The summed E-state index contributed by atoms with van der Waals surface area (Å²) in [6.07, 6.45) is 4.82. The van der Waals surface area contributed by atoms with Gasteiger partial charge in [0.05, 0.1) is 17.5 Å². The van der Waals surface area contributed by atoms with Crippen LogP contribution in [0.15, 0.2) is 6.07 Å². The van der Waals surface area contributed by atoms with E-state index in [4.69, 9.17) is 17.3 Å². The fourth-order valence-electron chi connectivity index (χ4n) is 8.12. The molecule has 0 radical (unpaired) electrons. The molecule has 5 rings (SSSR count). The molecule has 0 aliphatic heterocycles. The van der Waals surface area contributed by atoms with Crippen LogP contribution in [0.2, 0.25) is 5.02 Å². The van der Waals surface area contributed by atoms with Crippen molar-refractivity contribution in [2.24, 2.45) is 34.8 Å². The van der Waals surface area contributed by atoms with Crippen LogP contribution in [0.1, 0.15) is 67.4 Å². The molecule has 2 unspecified atom stereocenters. The van der Waals surface area contributed by atoms with Crippen molar-refractivity contribution in [2.45, 2.75) is 70.6 Å². The van der Waals surface area contributed by atoms with E-state index in [1.54, 1.807) is 14.1 Å². The number of fused-ring (bicyclic) bond motifs is 3. The first kappa shape index (κ1) is 30.8. The van der Waals surface area contributed by atoms with Crippen molar-refractivity contribution in [2.75, 3.05) is 27.2 Å². The van der Waals surface area contributed by atoms with Gasteiger partial charge in [0.15, 0.2) is 34.7 Å². The fourth-order valence-corrected chi connectivity index (χ4v) is 8.40. The molecular formula is C31H40ClN3O7. The minimum atomic E-state index is -2.74. The molecule has 0 bridgehead atoms. The van der Waals surface area contributed by atoms with Crippen LogP contribution in [0.4, 0.5) is 0 Å². The van der Waals surface area contributed by atoms with Crippen LogP contribution in [0.25, 0.3) is 0 Å². The molecule has 1 aromatic carbocycles. The maximum atomic E-state index is 13.9. The van der Waals surface area contributed by atoms with Crippen LogP contribution < -0.4 is 5.73 Å². The maximum absolute atomic E-state index is 13.9. The van der Waals surface area contributed by atoms with Crippen molar-refractivity contribution < 1.29 is 34.2 Å². The number of carbonyl (C=O) groups is 5. The number of carbonyl (C=O) groups excluding carboxylic acids is 5. The Bertz CT molecular complexity index is 1370. The number of ketones is 4. The van der Waals surface area contributed by atoms with Crippen LogP contribution in [-0.4, -0.2) is 87.9 Å². The van der Waals surface area contributed by atoms with Crippen LogP contribution >= 0.6 is 11.6 Å². The van der Waals surface area contributed by atoms with E-state index in [1.165, 1.54) is 30.2 Å². The Kier molecular flexibility index (Phi) is 7.92. The van der Waals surface area contributed by atoms with E-state index >= 15 is 0 Å². The Morgan fingerprint density at radius 3 is 2.33 bits per heavy atom. The number of amides is 1. The summed E-state index contributed by atoms with van der Waals surface area (Å²) in [5, 5.41) is 23.1. The monoisotopic (exact) mass is 601 g/mol. The molecule has 0 saturated heterocycles. The van der Waals surface area contributed by atoms with E-state index in [1.807, 2.05) is 0 Å². The Hall–Kier alpha value is -2.66. The van der Waals surface area contributed by atoms with Gasteiger partial charge in [-0.05, 0) is 81.3 Å². The molecular weight excluding hydrogens is 562 g/mol. The number of benzene rings is 1. The lowest BCUT2D eigenvalue weighted by molar-refractivity contribution is -0.181. The average Bonchev–Trinajstić information content (AvgIpc) is 2.89. The smallest absolute Gasteiger partial charge is 0.235 e. The normalized spacial score (nSPS) is 32.0. The second-order valence-corrected chi connectivity index (χ2v) is 13.4. The summed E-state index contributed by atoms with van der Waals surface area (Å²) >= 11 is 6.94. The number of halogens is 1. The molecule has 10 nitrogen and oxygen atoms in total. The molecule has 6 atom stereocenters. The summed E-state index contributed by atoms with van der Waals surface area (Å²) in [5.41, 5.74) is 3.95. The standard InChI is InChI=1S/C31H40ClN3O7/c1-5-30(8-7-9-30)14-35(6-2)13-16-12-19(36)21-17(23(16)32)10-15-11-18-24(34(3)4)26(38)22(29(33)41)28(40)31(18,42)27(39)20(15)25(21)37/h12,15,18,20,22,24,36,42H,5-11,13-14H2,1-4H3,(H2,33,41)/t15-,18-,20?,22?,24-,31-/m0/s1. The first-order chi connectivity index (χ1) is 19.7. The quantitative estimate of drug-likeness (QED) is 0.378. The van der Waals surface area contributed by atoms with Crippen molar-refractivity contribution in [1.29, 1.82) is 0 Å². The number of aromatic hydroxyl groups is 1. The fraction of sp³-hybridized carbons (Fsp3) is 0.645. The highest BCUT2D eigenvalue weighted by Crippen LogP contribution is 2.52. The van der Waals surface area contributed by atoms with Crippen molar-refractivity contribution in [3.05, 3.63) is 27.8 Å². The largest absolute Gasteiger partial charge is 0.507 e. The minimum absolute atomic E-state index is 0.00861. The Balaban J connectivity index is 1.52. The predicted octanol–water partition coefficient (Wildman–Crippen LogP) is 1.92. The second-order valence-electron chi connectivity index (χ2n) is 13.0. The zero-order valence-corrected chi connectivity index (χ0v) is 25.4. The summed E-state index contributed by atoms with van der Waals surface area (Å²) in [5.74, 6) is -10.7. The number of phenols is 1. The zero-order chi connectivity index (χ0) is 30.9. The van der Waals surface area contributed by atoms with Crippen LogP contribution in [0.5, 0.6) is 5.75 Å². The third-order valence-corrected chi connectivity index (χ3v) is 11.1. The van der Waals surface area contributed by atoms with Gasteiger partial charge in [-0.1, -0.05) is 31.9 Å².